The third-order valence-electron chi connectivity index (χ3n) is 5.93. The van der Waals surface area contributed by atoms with Crippen molar-refractivity contribution < 1.29 is 23.4 Å². The molecule has 1 atom stereocenters. The molecule has 1 fully saturated rings. The first-order valence-electron chi connectivity index (χ1n) is 12.9. The quantitative estimate of drug-likeness (QED) is 0.288. The summed E-state index contributed by atoms with van der Waals surface area (Å²) >= 11 is 0. The van der Waals surface area contributed by atoms with Gasteiger partial charge in [-0.3, -0.25) is 4.79 Å². The second-order valence-corrected chi connectivity index (χ2v) is 8.89. The maximum atomic E-state index is 13.1. The summed E-state index contributed by atoms with van der Waals surface area (Å²) in [6, 6.07) is 14.3. The Bertz CT molecular complexity index is 1160. The second kappa shape index (κ2) is 13.6. The van der Waals surface area contributed by atoms with E-state index < -0.39 is 0 Å². The number of aromatic nitrogens is 1. The van der Waals surface area contributed by atoms with E-state index in [0.29, 0.717) is 38.0 Å². The molecular weight excluding hydrogens is 471 g/mol. The lowest BCUT2D eigenvalue weighted by molar-refractivity contribution is -0.109. The van der Waals surface area contributed by atoms with Gasteiger partial charge in [-0.15, -0.1) is 0 Å². The Balaban J connectivity index is 0.000000216. The summed E-state index contributed by atoms with van der Waals surface area (Å²) in [6.07, 6.45) is 4.11. The highest BCUT2D eigenvalue weighted by molar-refractivity contribution is 5.70. The van der Waals surface area contributed by atoms with Crippen LogP contribution in [0.2, 0.25) is 0 Å². The molecule has 5 rings (SSSR count). The van der Waals surface area contributed by atoms with E-state index in [1.807, 2.05) is 45.0 Å². The average Bonchev–Trinajstić information content (AvgIpc) is 3.67. The number of fused-ring (bicyclic) bond motifs is 1. The number of hydrogen-bond acceptors (Lipinski definition) is 5. The van der Waals surface area contributed by atoms with E-state index in [4.69, 9.17) is 14.2 Å². The zero-order valence-electron chi connectivity index (χ0n) is 22.3. The predicted octanol–water partition coefficient (Wildman–Crippen LogP) is 6.24. The molecule has 1 unspecified atom stereocenters. The Kier molecular flexibility index (Phi) is 10.3. The molecule has 0 spiro atoms. The average molecular weight is 509 g/mol. The van der Waals surface area contributed by atoms with E-state index >= 15 is 0 Å². The summed E-state index contributed by atoms with van der Waals surface area (Å²) < 4.78 is 29.8. The van der Waals surface area contributed by atoms with Gasteiger partial charge in [-0.05, 0) is 67.8 Å². The van der Waals surface area contributed by atoms with E-state index in [0.717, 1.165) is 39.8 Å². The zero-order valence-corrected chi connectivity index (χ0v) is 22.3. The molecule has 2 heterocycles. The number of aryl methyl sites for hydroxylation is 1. The fourth-order valence-electron chi connectivity index (χ4n) is 3.85. The van der Waals surface area contributed by atoms with E-state index in [1.165, 1.54) is 30.5 Å². The largest absolute Gasteiger partial charge is 0.493 e. The van der Waals surface area contributed by atoms with Gasteiger partial charge in [0.15, 0.2) is 11.5 Å². The van der Waals surface area contributed by atoms with Crippen molar-refractivity contribution in [1.82, 2.24) is 10.3 Å². The number of methoxy groups -OCH3 is 1. The van der Waals surface area contributed by atoms with Gasteiger partial charge in [0.1, 0.15) is 17.3 Å². The molecule has 1 aliphatic heterocycles. The molecule has 1 N–H and O–H groups in total. The number of rotatable bonds is 8. The Morgan fingerprint density at radius 3 is 2.49 bits per heavy atom. The summed E-state index contributed by atoms with van der Waals surface area (Å²) in [5, 5.41) is 2.64. The van der Waals surface area contributed by atoms with Crippen LogP contribution in [-0.4, -0.2) is 37.8 Å². The molecule has 0 radical (unpaired) electrons. The molecular formula is C30H37FN2O4. The van der Waals surface area contributed by atoms with Crippen LogP contribution < -0.4 is 19.5 Å². The number of ether oxygens (including phenoxy) is 3. The molecule has 37 heavy (non-hydrogen) atoms. The van der Waals surface area contributed by atoms with Gasteiger partial charge < -0.3 is 19.5 Å². The van der Waals surface area contributed by atoms with E-state index in [1.54, 1.807) is 19.2 Å². The molecule has 2 aromatic carbocycles. The summed E-state index contributed by atoms with van der Waals surface area (Å²) in [7, 11) is 1.68. The summed E-state index contributed by atoms with van der Waals surface area (Å²) in [6.45, 7) is 9.31. The second-order valence-electron chi connectivity index (χ2n) is 8.89. The maximum Gasteiger partial charge on any atom is 0.207 e. The molecule has 1 saturated carbocycles. The number of benzene rings is 2. The van der Waals surface area contributed by atoms with Crippen LogP contribution in [0.5, 0.6) is 17.2 Å². The fraction of sp³-hybridized carbons (Fsp3) is 0.400. The summed E-state index contributed by atoms with van der Waals surface area (Å²) in [5.74, 6) is 2.52. The summed E-state index contributed by atoms with van der Waals surface area (Å²) in [4.78, 5) is 15.0. The predicted molar refractivity (Wildman–Crippen MR) is 144 cm³/mol. The van der Waals surface area contributed by atoms with Crippen molar-refractivity contribution >= 4 is 6.41 Å². The van der Waals surface area contributed by atoms with Crippen molar-refractivity contribution in [3.8, 4) is 28.5 Å². The van der Waals surface area contributed by atoms with Crippen molar-refractivity contribution in [1.29, 1.82) is 0 Å². The molecule has 1 aromatic heterocycles. The Morgan fingerprint density at radius 1 is 1.11 bits per heavy atom. The fourth-order valence-corrected chi connectivity index (χ4v) is 3.85. The van der Waals surface area contributed by atoms with Gasteiger partial charge in [0.25, 0.3) is 0 Å². The van der Waals surface area contributed by atoms with Crippen molar-refractivity contribution in [3.05, 3.63) is 71.2 Å². The Morgan fingerprint density at radius 2 is 1.84 bits per heavy atom. The molecule has 3 aromatic rings. The highest BCUT2D eigenvalue weighted by Gasteiger charge is 2.26. The lowest BCUT2D eigenvalue weighted by atomic mass is 9.99. The topological polar surface area (TPSA) is 69.7 Å². The SMILES string of the molecule is CC.CC1COc2c1cc(CCNC=O)nc2-c1ccc(F)cc1.COc1cc(C)ccc1OC1CC1. The minimum absolute atomic E-state index is 0.277. The molecule has 7 heteroatoms. The zero-order chi connectivity index (χ0) is 26.8. The van der Waals surface area contributed by atoms with E-state index in [-0.39, 0.29) is 5.82 Å². The monoisotopic (exact) mass is 508 g/mol. The number of nitrogens with one attached hydrogen (secondary N) is 1. The van der Waals surface area contributed by atoms with Gasteiger partial charge >= 0.3 is 0 Å². The highest BCUT2D eigenvalue weighted by Crippen LogP contribution is 2.41. The number of carbonyl (C=O) groups excluding carboxylic acids is 1. The maximum absolute atomic E-state index is 13.1. The molecule has 0 saturated heterocycles. The molecule has 198 valence electrons. The van der Waals surface area contributed by atoms with Crippen LogP contribution in [0.1, 0.15) is 56.4 Å². The minimum atomic E-state index is -0.277. The number of amides is 1. The summed E-state index contributed by atoms with van der Waals surface area (Å²) in [5.41, 5.74) is 4.78. The third kappa shape index (κ3) is 7.68. The van der Waals surface area contributed by atoms with Gasteiger partial charge in [0, 0.05) is 35.7 Å². The molecule has 1 aliphatic carbocycles. The van der Waals surface area contributed by atoms with Gasteiger partial charge in [-0.25, -0.2) is 9.37 Å². The first kappa shape index (κ1) is 28.0. The molecule has 6 nitrogen and oxygen atoms in total. The lowest BCUT2D eigenvalue weighted by Gasteiger charge is -2.11. The van der Waals surface area contributed by atoms with Crippen LogP contribution >= 0.6 is 0 Å². The Labute approximate surface area is 219 Å². The third-order valence-corrected chi connectivity index (χ3v) is 5.93. The first-order chi connectivity index (χ1) is 18.0. The van der Waals surface area contributed by atoms with Crippen molar-refractivity contribution in [2.24, 2.45) is 0 Å². The molecule has 0 bridgehead atoms. The van der Waals surface area contributed by atoms with Crippen LogP contribution in [-0.2, 0) is 11.2 Å². The van der Waals surface area contributed by atoms with Crippen LogP contribution in [0.15, 0.2) is 48.5 Å². The minimum Gasteiger partial charge on any atom is -0.493 e. The van der Waals surface area contributed by atoms with Crippen molar-refractivity contribution in [2.75, 3.05) is 20.3 Å². The van der Waals surface area contributed by atoms with Crippen LogP contribution in [0.25, 0.3) is 11.3 Å². The highest BCUT2D eigenvalue weighted by atomic mass is 19.1. The van der Waals surface area contributed by atoms with E-state index in [9.17, 15) is 9.18 Å². The van der Waals surface area contributed by atoms with Crippen LogP contribution in [0.4, 0.5) is 4.39 Å². The van der Waals surface area contributed by atoms with Crippen molar-refractivity contribution in [3.63, 3.8) is 0 Å². The molecule has 1 amide bonds. The standard InChI is InChI=1S/C17H17FN2O2.C11H14O2.C2H6/c1-11-9-22-17-15(11)8-14(6-7-19-10-21)20-16(17)12-2-4-13(18)5-3-12;1-8-3-6-10(11(7-8)12-2)13-9-4-5-9;1-2/h2-5,8,10-11H,6-7,9H2,1H3,(H,19,21);3,6-7,9H,4-5H2,1-2H3;1-2H3. The van der Waals surface area contributed by atoms with Crippen molar-refractivity contribution in [2.45, 2.75) is 59.0 Å². The first-order valence-corrected chi connectivity index (χ1v) is 12.9. The van der Waals surface area contributed by atoms with Gasteiger partial charge in [-0.2, -0.15) is 0 Å². The lowest BCUT2D eigenvalue weighted by Crippen LogP contribution is -2.15. The molecule has 2 aliphatic rings. The van der Waals surface area contributed by atoms with Gasteiger partial charge in [-0.1, -0.05) is 26.8 Å². The Hall–Kier alpha value is -3.61. The number of pyridine rings is 1. The number of hydrogen-bond donors (Lipinski definition) is 1. The normalized spacial score (nSPS) is 15.1. The number of carbonyl (C=O) groups is 1. The smallest absolute Gasteiger partial charge is 0.207 e. The van der Waals surface area contributed by atoms with Gasteiger partial charge in [0.2, 0.25) is 6.41 Å². The van der Waals surface area contributed by atoms with Gasteiger partial charge in [0.05, 0.1) is 19.8 Å². The number of halogens is 1. The van der Waals surface area contributed by atoms with E-state index in [2.05, 4.69) is 17.2 Å². The van der Waals surface area contributed by atoms with Crippen LogP contribution in [0.3, 0.4) is 0 Å². The number of nitrogens with zero attached hydrogens (tertiary/aromatic N) is 1. The van der Waals surface area contributed by atoms with Crippen LogP contribution in [0, 0.1) is 12.7 Å².